The van der Waals surface area contributed by atoms with E-state index in [9.17, 15) is 4.79 Å². The van der Waals surface area contributed by atoms with Crippen LogP contribution in [0.3, 0.4) is 0 Å². The lowest BCUT2D eigenvalue weighted by atomic mass is 10.1. The molecule has 0 radical (unpaired) electrons. The molecule has 1 aliphatic rings. The van der Waals surface area contributed by atoms with Crippen LogP contribution >= 0.6 is 0 Å². The number of aromatic nitrogens is 5. The van der Waals surface area contributed by atoms with Crippen molar-refractivity contribution in [3.63, 3.8) is 0 Å². The van der Waals surface area contributed by atoms with Gasteiger partial charge in [0, 0.05) is 42.4 Å². The van der Waals surface area contributed by atoms with E-state index in [-0.39, 0.29) is 17.4 Å². The number of nitrogens with zero attached hydrogens (tertiary/aromatic N) is 5. The van der Waals surface area contributed by atoms with Crippen molar-refractivity contribution in [2.75, 3.05) is 25.9 Å². The molecule has 4 N–H and O–H groups in total. The highest BCUT2D eigenvalue weighted by Gasteiger charge is 2.24. The second kappa shape index (κ2) is 8.08. The molecule has 0 aromatic carbocycles. The molecular formula is C23H26N8O. The van der Waals surface area contributed by atoms with Crippen LogP contribution in [-0.2, 0) is 0 Å². The summed E-state index contributed by atoms with van der Waals surface area (Å²) in [5.41, 5.74) is 11.0. The number of imidazole rings is 1. The normalized spacial score (nSPS) is 16.6. The number of amides is 1. The Morgan fingerprint density at radius 1 is 1.28 bits per heavy atom. The average Bonchev–Trinajstić information content (AvgIpc) is 3.54. The number of H-pyrrole nitrogens is 1. The third-order valence-electron chi connectivity index (χ3n) is 6.12. The predicted molar refractivity (Wildman–Crippen MR) is 123 cm³/mol. The van der Waals surface area contributed by atoms with E-state index in [1.165, 1.54) is 0 Å². The van der Waals surface area contributed by atoms with Crippen molar-refractivity contribution in [2.24, 2.45) is 0 Å². The molecule has 9 heteroatoms. The van der Waals surface area contributed by atoms with E-state index < -0.39 is 0 Å². The van der Waals surface area contributed by atoms with Crippen LogP contribution in [0.5, 0.6) is 0 Å². The minimum absolute atomic E-state index is 0.107. The molecule has 0 bridgehead atoms. The first kappa shape index (κ1) is 20.2. The maximum Gasteiger partial charge on any atom is 0.273 e. The Kier molecular flexibility index (Phi) is 5.10. The lowest BCUT2D eigenvalue weighted by Gasteiger charge is -2.20. The van der Waals surface area contributed by atoms with Crippen LogP contribution in [0, 0.1) is 6.92 Å². The van der Waals surface area contributed by atoms with Gasteiger partial charge in [-0.15, -0.1) is 0 Å². The standard InChI is InChI=1S/C23H26N8O/c1-14-11-26-18-8-7-15(13-31(14)18)19-20(17-6-3-9-25-17)29-22(24)21(28-19)23(32)27-12-16-5-4-10-30(16)2/h3,6-9,11,13,16,25H,4-5,10,12H2,1-2H3,(H2,24,29)(H,27,32). The molecule has 5 heterocycles. The molecule has 4 aromatic rings. The Hall–Kier alpha value is -3.72. The van der Waals surface area contributed by atoms with Crippen molar-refractivity contribution in [1.29, 1.82) is 0 Å². The van der Waals surface area contributed by atoms with Gasteiger partial charge in [0.15, 0.2) is 11.5 Å². The fourth-order valence-electron chi connectivity index (χ4n) is 4.26. The molecule has 32 heavy (non-hydrogen) atoms. The summed E-state index contributed by atoms with van der Waals surface area (Å²) in [5, 5.41) is 2.99. The maximum atomic E-state index is 13.0. The molecule has 1 amide bonds. The van der Waals surface area contributed by atoms with Gasteiger partial charge < -0.3 is 25.3 Å². The summed E-state index contributed by atoms with van der Waals surface area (Å²) in [6.45, 7) is 3.60. The Balaban J connectivity index is 1.55. The minimum atomic E-state index is -0.311. The summed E-state index contributed by atoms with van der Waals surface area (Å²) in [6, 6.07) is 7.98. The van der Waals surface area contributed by atoms with Gasteiger partial charge in [-0.25, -0.2) is 15.0 Å². The number of anilines is 1. The molecule has 0 spiro atoms. The second-order valence-corrected chi connectivity index (χ2v) is 8.27. The Morgan fingerprint density at radius 2 is 2.16 bits per heavy atom. The quantitative estimate of drug-likeness (QED) is 0.448. The van der Waals surface area contributed by atoms with Gasteiger partial charge in [-0.05, 0) is 57.6 Å². The number of nitrogens with two attached hydrogens (primary N) is 1. The van der Waals surface area contributed by atoms with Gasteiger partial charge >= 0.3 is 0 Å². The maximum absolute atomic E-state index is 13.0. The number of carbonyl (C=O) groups is 1. The molecule has 164 valence electrons. The summed E-state index contributed by atoms with van der Waals surface area (Å²) in [4.78, 5) is 32.1. The summed E-state index contributed by atoms with van der Waals surface area (Å²) < 4.78 is 1.99. The molecule has 9 nitrogen and oxygen atoms in total. The largest absolute Gasteiger partial charge is 0.382 e. The highest BCUT2D eigenvalue weighted by molar-refractivity contribution is 5.98. The number of nitrogen functional groups attached to an aromatic ring is 1. The van der Waals surface area contributed by atoms with E-state index in [1.807, 2.05) is 54.2 Å². The number of hydrogen-bond acceptors (Lipinski definition) is 6. The third-order valence-corrected chi connectivity index (χ3v) is 6.12. The molecule has 0 saturated carbocycles. The zero-order valence-electron chi connectivity index (χ0n) is 18.2. The molecular weight excluding hydrogens is 404 g/mol. The summed E-state index contributed by atoms with van der Waals surface area (Å²) in [5.74, 6) is -0.204. The van der Waals surface area contributed by atoms with Gasteiger partial charge in [0.05, 0.1) is 5.69 Å². The highest BCUT2D eigenvalue weighted by Crippen LogP contribution is 2.30. The lowest BCUT2D eigenvalue weighted by Crippen LogP contribution is -2.38. The third kappa shape index (κ3) is 3.60. The van der Waals surface area contributed by atoms with Crippen LogP contribution in [-0.4, -0.2) is 61.3 Å². The van der Waals surface area contributed by atoms with Gasteiger partial charge in [0.2, 0.25) is 0 Å². The van der Waals surface area contributed by atoms with E-state index >= 15 is 0 Å². The fourth-order valence-corrected chi connectivity index (χ4v) is 4.26. The number of aryl methyl sites for hydroxylation is 1. The minimum Gasteiger partial charge on any atom is -0.382 e. The molecule has 1 saturated heterocycles. The van der Waals surface area contributed by atoms with Crippen molar-refractivity contribution in [1.82, 2.24) is 34.6 Å². The number of carbonyl (C=O) groups excluding carboxylic acids is 1. The summed E-state index contributed by atoms with van der Waals surface area (Å²) in [6.07, 6.45) is 7.81. The van der Waals surface area contributed by atoms with Crippen LogP contribution in [0.25, 0.3) is 28.3 Å². The highest BCUT2D eigenvalue weighted by atomic mass is 16.1. The number of likely N-dealkylation sites (N-methyl/N-ethyl adjacent to an activating group) is 1. The molecule has 5 rings (SSSR count). The average molecular weight is 431 g/mol. The molecule has 1 fully saturated rings. The first-order valence-corrected chi connectivity index (χ1v) is 10.7. The molecule has 1 aliphatic heterocycles. The van der Waals surface area contributed by atoms with Gasteiger partial charge in [0.1, 0.15) is 17.0 Å². The van der Waals surface area contributed by atoms with E-state index in [4.69, 9.17) is 10.7 Å². The lowest BCUT2D eigenvalue weighted by molar-refractivity contribution is 0.0939. The van der Waals surface area contributed by atoms with Gasteiger partial charge in [0.25, 0.3) is 5.91 Å². The van der Waals surface area contributed by atoms with Crippen LogP contribution in [0.1, 0.15) is 29.0 Å². The summed E-state index contributed by atoms with van der Waals surface area (Å²) in [7, 11) is 2.08. The number of likely N-dealkylation sites (tertiary alicyclic amines) is 1. The smallest absolute Gasteiger partial charge is 0.273 e. The van der Waals surface area contributed by atoms with Crippen LogP contribution in [0.15, 0.2) is 42.9 Å². The Bertz CT molecular complexity index is 1280. The monoisotopic (exact) mass is 430 g/mol. The van der Waals surface area contributed by atoms with Crippen LogP contribution in [0.4, 0.5) is 5.82 Å². The fraction of sp³-hybridized carbons (Fsp3) is 0.304. The van der Waals surface area contributed by atoms with E-state index in [0.717, 1.165) is 42.0 Å². The van der Waals surface area contributed by atoms with Gasteiger partial charge in [-0.2, -0.15) is 0 Å². The summed E-state index contributed by atoms with van der Waals surface area (Å²) >= 11 is 0. The van der Waals surface area contributed by atoms with Crippen molar-refractivity contribution in [2.45, 2.75) is 25.8 Å². The number of hydrogen-bond donors (Lipinski definition) is 3. The SMILES string of the molecule is Cc1cnc2ccc(-c3nc(C(=O)NCC4CCCN4C)c(N)nc3-c3ccc[nH]3)cn12. The number of pyridine rings is 1. The Labute approximate surface area is 185 Å². The van der Waals surface area contributed by atoms with Crippen molar-refractivity contribution < 1.29 is 4.79 Å². The second-order valence-electron chi connectivity index (χ2n) is 8.27. The molecule has 0 aliphatic carbocycles. The number of aromatic amines is 1. The molecule has 4 aromatic heterocycles. The first-order chi connectivity index (χ1) is 15.5. The topological polar surface area (TPSA) is 117 Å². The van der Waals surface area contributed by atoms with E-state index in [2.05, 4.69) is 32.2 Å². The Morgan fingerprint density at radius 3 is 2.91 bits per heavy atom. The molecule has 1 unspecified atom stereocenters. The van der Waals surface area contributed by atoms with Gasteiger partial charge in [-0.3, -0.25) is 4.79 Å². The van der Waals surface area contributed by atoms with Crippen LogP contribution in [0.2, 0.25) is 0 Å². The van der Waals surface area contributed by atoms with E-state index in [1.54, 1.807) is 0 Å². The van der Waals surface area contributed by atoms with E-state index in [0.29, 0.717) is 24.0 Å². The number of fused-ring (bicyclic) bond motifs is 1. The first-order valence-electron chi connectivity index (χ1n) is 10.7. The predicted octanol–water partition coefficient (Wildman–Crippen LogP) is 2.50. The molecule has 1 atom stereocenters. The van der Waals surface area contributed by atoms with Crippen molar-refractivity contribution in [3.8, 4) is 22.6 Å². The van der Waals surface area contributed by atoms with Gasteiger partial charge in [-0.1, -0.05) is 0 Å². The van der Waals surface area contributed by atoms with Crippen molar-refractivity contribution >= 4 is 17.4 Å². The number of rotatable bonds is 5. The van der Waals surface area contributed by atoms with Crippen molar-refractivity contribution in [3.05, 3.63) is 54.2 Å². The van der Waals surface area contributed by atoms with Crippen LogP contribution < -0.4 is 11.1 Å². The zero-order valence-corrected chi connectivity index (χ0v) is 18.2. The number of nitrogens with one attached hydrogen (secondary N) is 2. The zero-order chi connectivity index (χ0) is 22.2.